The van der Waals surface area contributed by atoms with Crippen molar-refractivity contribution in [1.29, 1.82) is 0 Å². The van der Waals surface area contributed by atoms with Crippen molar-refractivity contribution in [3.05, 3.63) is 70.7 Å². The minimum absolute atomic E-state index is 0.140. The molecule has 3 N–H and O–H groups in total. The zero-order valence-corrected chi connectivity index (χ0v) is 16.6. The van der Waals surface area contributed by atoms with Gasteiger partial charge in [0.25, 0.3) is 0 Å². The molecule has 7 nitrogen and oxygen atoms in total. The Labute approximate surface area is 170 Å². The number of rotatable bonds is 6. The number of halogens is 1. The zero-order valence-electron chi connectivity index (χ0n) is 15.0. The van der Waals surface area contributed by atoms with E-state index in [-0.39, 0.29) is 11.9 Å². The molecule has 0 saturated heterocycles. The molecule has 0 fully saturated rings. The largest absolute Gasteiger partial charge is 0.341 e. The Kier molecular flexibility index (Phi) is 6.33. The molecule has 1 unspecified atom stereocenters. The van der Waals surface area contributed by atoms with E-state index >= 15 is 0 Å². The van der Waals surface area contributed by atoms with Crippen LogP contribution in [0.3, 0.4) is 0 Å². The summed E-state index contributed by atoms with van der Waals surface area (Å²) in [5.74, 6) is -0.113. The van der Waals surface area contributed by atoms with E-state index < -0.39 is 11.9 Å². The van der Waals surface area contributed by atoms with E-state index in [1.54, 1.807) is 13.0 Å². The number of aromatic nitrogens is 3. The van der Waals surface area contributed by atoms with Crippen LogP contribution in [-0.4, -0.2) is 33.0 Å². The maximum absolute atomic E-state index is 12.3. The third-order valence-corrected chi connectivity index (χ3v) is 4.29. The van der Waals surface area contributed by atoms with E-state index in [1.807, 2.05) is 54.6 Å². The number of aromatic amines is 1. The highest BCUT2D eigenvalue weighted by molar-refractivity contribution is 9.10. The number of anilines is 1. The number of hydrogen-bond acceptors (Lipinski definition) is 4. The molecule has 2 amide bonds. The smallest absolute Gasteiger partial charge is 0.249 e. The molecular formula is C20H18BrN5O2. The summed E-state index contributed by atoms with van der Waals surface area (Å²) in [6, 6.07) is 16.2. The number of carbonyl (C=O) groups excluding carboxylic acids is 2. The number of hydrogen-bond donors (Lipinski definition) is 3. The molecule has 2 aromatic carbocycles. The first kappa shape index (κ1) is 19.5. The molecule has 0 aliphatic rings. The molecule has 3 aromatic rings. The van der Waals surface area contributed by atoms with Crippen LogP contribution in [0.5, 0.6) is 0 Å². The van der Waals surface area contributed by atoms with Crippen LogP contribution in [-0.2, 0) is 9.59 Å². The van der Waals surface area contributed by atoms with Crippen LogP contribution in [0.1, 0.15) is 12.5 Å². The van der Waals surface area contributed by atoms with Gasteiger partial charge in [0.05, 0.1) is 0 Å². The van der Waals surface area contributed by atoms with Crippen LogP contribution < -0.4 is 10.6 Å². The highest BCUT2D eigenvalue weighted by Crippen LogP contribution is 2.20. The Morgan fingerprint density at radius 2 is 1.93 bits per heavy atom. The van der Waals surface area contributed by atoms with Gasteiger partial charge in [0.2, 0.25) is 17.8 Å². The minimum Gasteiger partial charge on any atom is -0.341 e. The van der Waals surface area contributed by atoms with E-state index in [9.17, 15) is 9.59 Å². The van der Waals surface area contributed by atoms with E-state index in [4.69, 9.17) is 0 Å². The fourth-order valence-corrected chi connectivity index (χ4v) is 2.76. The van der Waals surface area contributed by atoms with Crippen LogP contribution in [0.25, 0.3) is 17.5 Å². The molecule has 28 heavy (non-hydrogen) atoms. The van der Waals surface area contributed by atoms with Crippen molar-refractivity contribution in [1.82, 2.24) is 20.5 Å². The van der Waals surface area contributed by atoms with Crippen LogP contribution in [0.4, 0.5) is 5.95 Å². The Bertz CT molecular complexity index is 1000. The fourth-order valence-electron chi connectivity index (χ4n) is 2.36. The molecule has 0 aliphatic heterocycles. The molecule has 3 rings (SSSR count). The zero-order chi connectivity index (χ0) is 19.9. The average molecular weight is 440 g/mol. The molecular weight excluding hydrogens is 422 g/mol. The lowest BCUT2D eigenvalue weighted by molar-refractivity contribution is -0.123. The van der Waals surface area contributed by atoms with Gasteiger partial charge in [-0.3, -0.25) is 20.0 Å². The molecule has 1 heterocycles. The number of benzene rings is 2. The van der Waals surface area contributed by atoms with E-state index in [0.29, 0.717) is 5.82 Å². The molecule has 0 radical (unpaired) electrons. The number of amides is 2. The van der Waals surface area contributed by atoms with Crippen LogP contribution >= 0.6 is 15.9 Å². The van der Waals surface area contributed by atoms with Crippen molar-refractivity contribution >= 4 is 39.8 Å². The summed E-state index contributed by atoms with van der Waals surface area (Å²) >= 11 is 3.40. The molecule has 1 aromatic heterocycles. The van der Waals surface area contributed by atoms with Gasteiger partial charge in [0.15, 0.2) is 5.82 Å². The highest BCUT2D eigenvalue weighted by atomic mass is 79.9. The van der Waals surface area contributed by atoms with Gasteiger partial charge in [-0.05, 0) is 30.7 Å². The third-order valence-electron chi connectivity index (χ3n) is 3.80. The second-order valence-electron chi connectivity index (χ2n) is 5.98. The van der Waals surface area contributed by atoms with Crippen LogP contribution in [0.15, 0.2) is 65.1 Å². The summed E-state index contributed by atoms with van der Waals surface area (Å²) < 4.78 is 0.909. The van der Waals surface area contributed by atoms with Crippen molar-refractivity contribution in [3.63, 3.8) is 0 Å². The van der Waals surface area contributed by atoms with E-state index in [1.165, 1.54) is 6.08 Å². The van der Waals surface area contributed by atoms with Crippen LogP contribution in [0.2, 0.25) is 0 Å². The van der Waals surface area contributed by atoms with E-state index in [2.05, 4.69) is 41.7 Å². The lowest BCUT2D eigenvalue weighted by Gasteiger charge is -2.10. The maximum Gasteiger partial charge on any atom is 0.249 e. The van der Waals surface area contributed by atoms with Crippen molar-refractivity contribution < 1.29 is 9.59 Å². The number of H-pyrrole nitrogens is 1. The summed E-state index contributed by atoms with van der Waals surface area (Å²) in [6.45, 7) is 1.59. The SMILES string of the molecule is CC(NC(=O)C=Cc1ccccc1)C(=O)Nc1n[nH]c(-c2cccc(Br)c2)n1. The lowest BCUT2D eigenvalue weighted by Crippen LogP contribution is -2.41. The van der Waals surface area contributed by atoms with Gasteiger partial charge in [0.1, 0.15) is 6.04 Å². The average Bonchev–Trinajstić information content (AvgIpc) is 3.15. The number of nitrogens with one attached hydrogen (secondary N) is 3. The van der Waals surface area contributed by atoms with Gasteiger partial charge in [-0.1, -0.05) is 58.4 Å². The Morgan fingerprint density at radius 1 is 1.14 bits per heavy atom. The van der Waals surface area contributed by atoms with Crippen molar-refractivity contribution in [2.24, 2.45) is 0 Å². The highest BCUT2D eigenvalue weighted by Gasteiger charge is 2.16. The van der Waals surface area contributed by atoms with Gasteiger partial charge in [-0.2, -0.15) is 4.98 Å². The molecule has 0 spiro atoms. The lowest BCUT2D eigenvalue weighted by atomic mass is 10.2. The fraction of sp³-hybridized carbons (Fsp3) is 0.100. The molecule has 0 aliphatic carbocycles. The normalized spacial score (nSPS) is 11.9. The third kappa shape index (κ3) is 5.37. The van der Waals surface area contributed by atoms with Gasteiger partial charge >= 0.3 is 0 Å². The molecule has 142 valence electrons. The monoisotopic (exact) mass is 439 g/mol. The quantitative estimate of drug-likeness (QED) is 0.512. The Hall–Kier alpha value is -3.26. The first-order valence-corrected chi connectivity index (χ1v) is 9.33. The van der Waals surface area contributed by atoms with Gasteiger partial charge in [-0.25, -0.2) is 0 Å². The Morgan fingerprint density at radius 3 is 2.68 bits per heavy atom. The van der Waals surface area contributed by atoms with Gasteiger partial charge in [0, 0.05) is 16.1 Å². The maximum atomic E-state index is 12.3. The molecule has 0 saturated carbocycles. The second-order valence-corrected chi connectivity index (χ2v) is 6.90. The van der Waals surface area contributed by atoms with Gasteiger partial charge in [-0.15, -0.1) is 5.10 Å². The standard InChI is InChI=1S/C20H18BrN5O2/c1-13(22-17(27)11-10-14-6-3-2-4-7-14)19(28)24-20-23-18(25-26-20)15-8-5-9-16(21)12-15/h2-13H,1H3,(H,22,27)(H2,23,24,25,26,28). The molecule has 1 atom stereocenters. The van der Waals surface area contributed by atoms with Gasteiger partial charge < -0.3 is 5.32 Å². The first-order chi connectivity index (χ1) is 13.5. The van der Waals surface area contributed by atoms with Crippen molar-refractivity contribution in [3.8, 4) is 11.4 Å². The Balaban J connectivity index is 1.55. The van der Waals surface area contributed by atoms with E-state index in [0.717, 1.165) is 15.6 Å². The number of carbonyl (C=O) groups is 2. The summed E-state index contributed by atoms with van der Waals surface area (Å²) in [6.07, 6.45) is 3.07. The van der Waals surface area contributed by atoms with Crippen molar-refractivity contribution in [2.75, 3.05) is 5.32 Å². The van der Waals surface area contributed by atoms with Crippen LogP contribution in [0, 0.1) is 0 Å². The first-order valence-electron chi connectivity index (χ1n) is 8.54. The molecule has 0 bridgehead atoms. The summed E-state index contributed by atoms with van der Waals surface area (Å²) in [4.78, 5) is 28.5. The predicted octanol–water partition coefficient (Wildman–Crippen LogP) is 3.39. The summed E-state index contributed by atoms with van der Waals surface area (Å²) in [5.41, 5.74) is 1.73. The predicted molar refractivity (Wildman–Crippen MR) is 111 cm³/mol. The number of nitrogens with zero attached hydrogens (tertiary/aromatic N) is 2. The summed E-state index contributed by atoms with van der Waals surface area (Å²) in [5, 5.41) is 12.0. The molecule has 8 heteroatoms. The topological polar surface area (TPSA) is 99.8 Å². The second kappa shape index (κ2) is 9.09. The minimum atomic E-state index is -0.749. The summed E-state index contributed by atoms with van der Waals surface area (Å²) in [7, 11) is 0. The van der Waals surface area contributed by atoms with Crippen molar-refractivity contribution in [2.45, 2.75) is 13.0 Å².